The second kappa shape index (κ2) is 6.99. The topological polar surface area (TPSA) is 41.1 Å². The summed E-state index contributed by atoms with van der Waals surface area (Å²) >= 11 is 1.64. The average Bonchev–Trinajstić information content (AvgIpc) is 2.83. The van der Waals surface area contributed by atoms with E-state index in [0.29, 0.717) is 6.04 Å². The van der Waals surface area contributed by atoms with Crippen LogP contribution in [0.5, 0.6) is 0 Å². The monoisotopic (exact) mass is 274 g/mol. The highest BCUT2D eigenvalue weighted by Gasteiger charge is 2.20. The molecule has 1 aliphatic rings. The summed E-state index contributed by atoms with van der Waals surface area (Å²) < 4.78 is 0. The summed E-state index contributed by atoms with van der Waals surface area (Å²) in [5.41, 5.74) is 0. The maximum absolute atomic E-state index is 12.0. The Hall–Kier alpha value is -0.580. The Kier molecular flexibility index (Phi) is 5.95. The smallest absolute Gasteiger partial charge is 0.228 e. The van der Waals surface area contributed by atoms with Gasteiger partial charge in [-0.2, -0.15) is 0 Å². The molecule has 96 valence electrons. The Morgan fingerprint density at radius 3 is 3.06 bits per heavy atom. The van der Waals surface area contributed by atoms with Gasteiger partial charge in [0.15, 0.2) is 0 Å². The third-order valence-electron chi connectivity index (χ3n) is 3.01. The van der Waals surface area contributed by atoms with E-state index < -0.39 is 0 Å². The van der Waals surface area contributed by atoms with E-state index in [1.54, 1.807) is 11.3 Å². The zero-order valence-corrected chi connectivity index (χ0v) is 11.6. The molecule has 0 radical (unpaired) electrons. The number of nitrogens with one attached hydrogen (secondary N) is 2. The Labute approximate surface area is 112 Å². The Morgan fingerprint density at radius 1 is 1.65 bits per heavy atom. The van der Waals surface area contributed by atoms with Crippen LogP contribution in [0.2, 0.25) is 0 Å². The molecule has 1 amide bonds. The summed E-state index contributed by atoms with van der Waals surface area (Å²) in [6.07, 6.45) is 2.24. The van der Waals surface area contributed by atoms with Crippen molar-refractivity contribution in [3.05, 3.63) is 22.4 Å². The molecule has 2 atom stereocenters. The van der Waals surface area contributed by atoms with Crippen molar-refractivity contribution in [3.8, 4) is 0 Å². The number of piperidine rings is 1. The molecule has 1 aliphatic heterocycles. The van der Waals surface area contributed by atoms with Crippen LogP contribution in [0.4, 0.5) is 0 Å². The molecule has 2 heterocycles. The summed E-state index contributed by atoms with van der Waals surface area (Å²) in [4.78, 5) is 13.1. The molecule has 0 saturated carbocycles. The lowest BCUT2D eigenvalue weighted by molar-refractivity contribution is -0.122. The average molecular weight is 275 g/mol. The van der Waals surface area contributed by atoms with Gasteiger partial charge in [0.25, 0.3) is 0 Å². The number of halogens is 1. The first kappa shape index (κ1) is 14.5. The number of carbonyl (C=O) groups excluding carboxylic acids is 1. The van der Waals surface area contributed by atoms with Crippen LogP contribution < -0.4 is 10.6 Å². The fourth-order valence-electron chi connectivity index (χ4n) is 1.97. The van der Waals surface area contributed by atoms with E-state index in [-0.39, 0.29) is 24.2 Å². The molecular formula is C12H19ClN2OS. The third-order valence-corrected chi connectivity index (χ3v) is 4.06. The number of amides is 1. The molecular weight excluding hydrogens is 256 g/mol. The predicted octanol–water partition coefficient (Wildman–Crippen LogP) is 2.14. The molecule has 5 heteroatoms. The first-order valence-electron chi connectivity index (χ1n) is 5.82. The molecule has 1 aromatic heterocycles. The lowest BCUT2D eigenvalue weighted by atomic mass is 10.1. The molecule has 1 saturated heterocycles. The highest BCUT2D eigenvalue weighted by Crippen LogP contribution is 2.21. The maximum Gasteiger partial charge on any atom is 0.228 e. The van der Waals surface area contributed by atoms with E-state index in [1.165, 1.54) is 0 Å². The number of thiophene rings is 1. The van der Waals surface area contributed by atoms with Crippen molar-refractivity contribution in [2.45, 2.75) is 31.7 Å². The summed E-state index contributed by atoms with van der Waals surface area (Å²) in [6, 6.07) is 4.32. The zero-order valence-electron chi connectivity index (χ0n) is 9.94. The third kappa shape index (κ3) is 3.98. The van der Waals surface area contributed by atoms with Crippen molar-refractivity contribution < 1.29 is 4.79 Å². The molecule has 0 spiro atoms. The van der Waals surface area contributed by atoms with E-state index in [2.05, 4.69) is 10.6 Å². The predicted molar refractivity (Wildman–Crippen MR) is 74.0 cm³/mol. The van der Waals surface area contributed by atoms with Crippen molar-refractivity contribution in [1.82, 2.24) is 10.6 Å². The highest BCUT2D eigenvalue weighted by atomic mass is 35.5. The SMILES string of the molecule is CC(C(=O)N[C@H]1CCCNC1)c1cccs1.Cl. The van der Waals surface area contributed by atoms with Crippen LogP contribution in [0.1, 0.15) is 30.6 Å². The molecule has 2 rings (SSSR count). The summed E-state index contributed by atoms with van der Waals surface area (Å²) in [6.45, 7) is 3.95. The van der Waals surface area contributed by atoms with Gasteiger partial charge in [-0.1, -0.05) is 6.07 Å². The standard InChI is InChI=1S/C12H18N2OS.ClH/c1-9(11-5-3-7-16-11)12(15)14-10-4-2-6-13-8-10;/h3,5,7,9-10,13H,2,4,6,8H2,1H3,(H,14,15);1H/t9?,10-;/m0./s1. The zero-order chi connectivity index (χ0) is 11.4. The molecule has 1 fully saturated rings. The van der Waals surface area contributed by atoms with E-state index in [0.717, 1.165) is 30.8 Å². The summed E-state index contributed by atoms with van der Waals surface area (Å²) in [5, 5.41) is 8.43. The van der Waals surface area contributed by atoms with Crippen LogP contribution in [0.25, 0.3) is 0 Å². The second-order valence-electron chi connectivity index (χ2n) is 4.29. The molecule has 0 bridgehead atoms. The molecule has 1 unspecified atom stereocenters. The lowest BCUT2D eigenvalue weighted by Gasteiger charge is -2.25. The van der Waals surface area contributed by atoms with Gasteiger partial charge in [-0.3, -0.25) is 4.79 Å². The summed E-state index contributed by atoms with van der Waals surface area (Å²) in [7, 11) is 0. The van der Waals surface area contributed by atoms with Crippen LogP contribution in [0, 0.1) is 0 Å². The fourth-order valence-corrected chi connectivity index (χ4v) is 2.75. The molecule has 0 aliphatic carbocycles. The molecule has 3 nitrogen and oxygen atoms in total. The Bertz CT molecular complexity index is 336. The first-order valence-corrected chi connectivity index (χ1v) is 6.70. The van der Waals surface area contributed by atoms with Crippen molar-refractivity contribution in [3.63, 3.8) is 0 Å². The van der Waals surface area contributed by atoms with Crippen LogP contribution in [-0.4, -0.2) is 25.0 Å². The molecule has 17 heavy (non-hydrogen) atoms. The Morgan fingerprint density at radius 2 is 2.47 bits per heavy atom. The largest absolute Gasteiger partial charge is 0.352 e. The number of hydrogen-bond acceptors (Lipinski definition) is 3. The van der Waals surface area contributed by atoms with Gasteiger partial charge in [0, 0.05) is 17.5 Å². The minimum atomic E-state index is -0.0260. The molecule has 0 aromatic carbocycles. The molecule has 1 aromatic rings. The van der Waals surface area contributed by atoms with Gasteiger partial charge >= 0.3 is 0 Å². The normalized spacial score (nSPS) is 21.4. The summed E-state index contributed by atoms with van der Waals surface area (Å²) in [5.74, 6) is 0.123. The van der Waals surface area contributed by atoms with Gasteiger partial charge in [0.1, 0.15) is 0 Å². The second-order valence-corrected chi connectivity index (χ2v) is 5.27. The maximum atomic E-state index is 12.0. The number of carbonyl (C=O) groups is 1. The van der Waals surface area contributed by atoms with Crippen molar-refractivity contribution in [2.75, 3.05) is 13.1 Å². The lowest BCUT2D eigenvalue weighted by Crippen LogP contribution is -2.46. The van der Waals surface area contributed by atoms with Crippen molar-refractivity contribution in [1.29, 1.82) is 0 Å². The van der Waals surface area contributed by atoms with Crippen molar-refractivity contribution in [2.24, 2.45) is 0 Å². The minimum absolute atomic E-state index is 0. The minimum Gasteiger partial charge on any atom is -0.352 e. The van der Waals surface area contributed by atoms with Gasteiger partial charge in [-0.05, 0) is 37.8 Å². The van der Waals surface area contributed by atoms with Gasteiger partial charge in [0.05, 0.1) is 5.92 Å². The highest BCUT2D eigenvalue weighted by molar-refractivity contribution is 7.10. The van der Waals surface area contributed by atoms with Crippen molar-refractivity contribution >= 4 is 29.7 Å². The first-order chi connectivity index (χ1) is 7.77. The van der Waals surface area contributed by atoms with Crippen LogP contribution in [0.3, 0.4) is 0 Å². The van der Waals surface area contributed by atoms with Gasteiger partial charge in [0.2, 0.25) is 5.91 Å². The van der Waals surface area contributed by atoms with E-state index in [1.807, 2.05) is 24.4 Å². The van der Waals surface area contributed by atoms with E-state index in [9.17, 15) is 4.79 Å². The van der Waals surface area contributed by atoms with Crippen LogP contribution in [-0.2, 0) is 4.79 Å². The van der Waals surface area contributed by atoms with Gasteiger partial charge < -0.3 is 10.6 Å². The van der Waals surface area contributed by atoms with Gasteiger partial charge in [-0.25, -0.2) is 0 Å². The number of rotatable bonds is 3. The fraction of sp³-hybridized carbons (Fsp3) is 0.583. The van der Waals surface area contributed by atoms with E-state index >= 15 is 0 Å². The Balaban J connectivity index is 0.00000144. The quantitative estimate of drug-likeness (QED) is 0.887. The van der Waals surface area contributed by atoms with Crippen LogP contribution >= 0.6 is 23.7 Å². The number of hydrogen-bond donors (Lipinski definition) is 2. The molecule has 2 N–H and O–H groups in total. The van der Waals surface area contributed by atoms with Crippen LogP contribution in [0.15, 0.2) is 17.5 Å². The van der Waals surface area contributed by atoms with Gasteiger partial charge in [-0.15, -0.1) is 23.7 Å². The van der Waals surface area contributed by atoms with E-state index in [4.69, 9.17) is 0 Å².